The van der Waals surface area contributed by atoms with Crippen LogP contribution >= 0.6 is 0 Å². The van der Waals surface area contributed by atoms with Gasteiger partial charge in [0, 0.05) is 26.1 Å². The maximum absolute atomic E-state index is 14.5. The molecule has 3 saturated heterocycles. The number of hydrogen-bond donors (Lipinski definition) is 9. The molecule has 0 bridgehead atoms. The molecular weight excluding hydrogens is 895 g/mol. The van der Waals surface area contributed by atoms with Gasteiger partial charge in [-0.25, -0.2) is 4.79 Å². The number of rotatable bonds is 22. The lowest BCUT2D eigenvalue weighted by atomic mass is 9.99. The predicted octanol–water partition coefficient (Wildman–Crippen LogP) is -0.107. The van der Waals surface area contributed by atoms with Crippen LogP contribution in [-0.4, -0.2) is 163 Å². The fraction of sp³-hybridized carbons (Fsp3) is 0.688. The molecule has 69 heavy (non-hydrogen) atoms. The first-order chi connectivity index (χ1) is 32.4. The first-order valence-corrected chi connectivity index (χ1v) is 24.3. The van der Waals surface area contributed by atoms with E-state index in [1.807, 2.05) is 27.7 Å². The van der Waals surface area contributed by atoms with Crippen molar-refractivity contribution < 1.29 is 58.5 Å². The van der Waals surface area contributed by atoms with Gasteiger partial charge < -0.3 is 62.3 Å². The van der Waals surface area contributed by atoms with Crippen molar-refractivity contribution in [3.8, 4) is 5.75 Å². The van der Waals surface area contributed by atoms with Crippen molar-refractivity contribution in [2.24, 2.45) is 23.5 Å². The second-order valence-corrected chi connectivity index (χ2v) is 19.9. The maximum Gasteiger partial charge on any atom is 0.326 e. The highest BCUT2D eigenvalue weighted by Crippen LogP contribution is 2.25. The van der Waals surface area contributed by atoms with Gasteiger partial charge in [-0.05, 0) is 101 Å². The molecule has 10 atom stereocenters. The number of aliphatic hydroxyl groups is 1. The number of aliphatic hydroxyl groups excluding tert-OH is 1. The van der Waals surface area contributed by atoms with Gasteiger partial charge in [-0.3, -0.25) is 38.4 Å². The molecule has 21 nitrogen and oxygen atoms in total. The summed E-state index contributed by atoms with van der Waals surface area (Å²) in [6, 6.07) is -3.96. The molecule has 0 aliphatic carbocycles. The summed E-state index contributed by atoms with van der Waals surface area (Å²) in [6.45, 7) is 14.3. The molecule has 21 heteroatoms. The molecule has 0 aromatic heterocycles. The Labute approximate surface area is 404 Å². The number of nitrogens with one attached hydrogen (secondary N) is 5. The summed E-state index contributed by atoms with van der Waals surface area (Å²) >= 11 is 0. The van der Waals surface area contributed by atoms with Gasteiger partial charge in [-0.15, -0.1) is 0 Å². The highest BCUT2D eigenvalue weighted by molar-refractivity contribution is 5.98. The zero-order chi connectivity index (χ0) is 51.4. The lowest BCUT2D eigenvalue weighted by Crippen LogP contribution is -2.60. The van der Waals surface area contributed by atoms with Crippen molar-refractivity contribution in [1.29, 1.82) is 0 Å². The molecule has 0 spiro atoms. The van der Waals surface area contributed by atoms with Crippen LogP contribution in [0.25, 0.3) is 0 Å². The molecule has 1 aromatic rings. The van der Waals surface area contributed by atoms with E-state index in [9.17, 15) is 58.5 Å². The van der Waals surface area contributed by atoms with E-state index in [1.54, 1.807) is 26.0 Å². The number of nitrogens with zero attached hydrogens (tertiary/aromatic N) is 3. The van der Waals surface area contributed by atoms with Crippen LogP contribution in [0.3, 0.4) is 0 Å². The van der Waals surface area contributed by atoms with Gasteiger partial charge in [0.1, 0.15) is 60.1 Å². The molecule has 8 amide bonds. The number of likely N-dealkylation sites (tertiary alicyclic amines) is 3. The van der Waals surface area contributed by atoms with Gasteiger partial charge >= 0.3 is 5.97 Å². The Hall–Kier alpha value is -5.83. The van der Waals surface area contributed by atoms with Crippen LogP contribution in [0.5, 0.6) is 5.75 Å². The zero-order valence-corrected chi connectivity index (χ0v) is 41.2. The Balaban J connectivity index is 1.54. The van der Waals surface area contributed by atoms with Gasteiger partial charge in [0.05, 0.1) is 6.10 Å². The number of amides is 8. The first-order valence-electron chi connectivity index (χ1n) is 24.3. The molecule has 3 fully saturated rings. The standard InChI is InChI=1S/C48H75N9O12/c1-25(2)22-33(52-40(60)28(7)50-44(64)38(49)29(8)58)45(65)55-19-9-12-35(55)42(62)51-32(24-30-15-17-31(59)18-16-30)41(61)53-34(23-26(3)4)46(66)56-20-10-13-36(56)43(63)54-39(27(5)6)47(67)57-21-11-14-37(57)48(68)69/h15-18,25-29,32-39,58-59H,9-14,19-24,49H2,1-8H3,(H,50,64)(H,51,62)(H,52,60)(H,53,61)(H,54,63)(H,68,69)/t28-,29+,32-,33-,34-,35-,36-,37-,38-,39-/m0/s1. The minimum Gasteiger partial charge on any atom is -0.508 e. The van der Waals surface area contributed by atoms with Crippen LogP contribution in [0.2, 0.25) is 0 Å². The van der Waals surface area contributed by atoms with Crippen molar-refractivity contribution in [2.45, 2.75) is 174 Å². The van der Waals surface area contributed by atoms with E-state index in [2.05, 4.69) is 26.6 Å². The molecule has 3 heterocycles. The lowest BCUT2D eigenvalue weighted by molar-refractivity contribution is -0.150. The van der Waals surface area contributed by atoms with E-state index in [4.69, 9.17) is 5.73 Å². The monoisotopic (exact) mass is 970 g/mol. The Morgan fingerprint density at radius 3 is 1.49 bits per heavy atom. The number of aromatic hydroxyl groups is 1. The third kappa shape index (κ3) is 15.1. The normalized spacial score (nSPS) is 21.2. The number of carbonyl (C=O) groups is 9. The van der Waals surface area contributed by atoms with Gasteiger partial charge in [-0.1, -0.05) is 53.7 Å². The summed E-state index contributed by atoms with van der Waals surface area (Å²) in [7, 11) is 0. The first kappa shape index (κ1) is 55.8. The van der Waals surface area contributed by atoms with Gasteiger partial charge in [-0.2, -0.15) is 0 Å². The smallest absolute Gasteiger partial charge is 0.326 e. The van der Waals surface area contributed by atoms with Crippen molar-refractivity contribution in [1.82, 2.24) is 41.3 Å². The van der Waals surface area contributed by atoms with E-state index in [0.717, 1.165) is 0 Å². The fourth-order valence-electron chi connectivity index (χ4n) is 9.13. The fourth-order valence-corrected chi connectivity index (χ4v) is 9.13. The Kier molecular flexibility index (Phi) is 20.3. The molecule has 0 unspecified atom stereocenters. The third-order valence-corrected chi connectivity index (χ3v) is 13.0. The lowest BCUT2D eigenvalue weighted by Gasteiger charge is -2.33. The van der Waals surface area contributed by atoms with Gasteiger partial charge in [0.25, 0.3) is 0 Å². The summed E-state index contributed by atoms with van der Waals surface area (Å²) in [4.78, 5) is 127. The minimum absolute atomic E-state index is 0.0246. The number of hydrogen-bond acceptors (Lipinski definition) is 12. The number of phenols is 1. The Morgan fingerprint density at radius 2 is 1.04 bits per heavy atom. The van der Waals surface area contributed by atoms with Crippen LogP contribution in [-0.2, 0) is 49.6 Å². The number of carboxylic acid groups (broad SMARTS) is 1. The summed E-state index contributed by atoms with van der Waals surface area (Å²) < 4.78 is 0. The summed E-state index contributed by atoms with van der Waals surface area (Å²) in [5.74, 6) is -6.70. The van der Waals surface area contributed by atoms with E-state index in [0.29, 0.717) is 31.2 Å². The van der Waals surface area contributed by atoms with E-state index >= 15 is 0 Å². The molecule has 1 aromatic carbocycles. The van der Waals surface area contributed by atoms with Crippen LogP contribution < -0.4 is 32.3 Å². The number of carboxylic acids is 1. The maximum atomic E-state index is 14.5. The van der Waals surface area contributed by atoms with Crippen molar-refractivity contribution >= 4 is 53.2 Å². The van der Waals surface area contributed by atoms with Crippen LogP contribution in [0, 0.1) is 17.8 Å². The molecule has 10 N–H and O–H groups in total. The van der Waals surface area contributed by atoms with Crippen LogP contribution in [0.1, 0.15) is 112 Å². The highest BCUT2D eigenvalue weighted by Gasteiger charge is 2.44. The molecule has 3 aliphatic rings. The minimum atomic E-state index is -1.29. The molecular formula is C48H75N9O12. The molecule has 384 valence electrons. The van der Waals surface area contributed by atoms with Gasteiger partial charge in [0.2, 0.25) is 47.3 Å². The molecule has 0 saturated carbocycles. The topological polar surface area (TPSA) is 310 Å². The second-order valence-electron chi connectivity index (χ2n) is 19.9. The zero-order valence-electron chi connectivity index (χ0n) is 41.2. The quantitative estimate of drug-likeness (QED) is 0.0734. The average molecular weight is 970 g/mol. The highest BCUT2D eigenvalue weighted by atomic mass is 16.4. The van der Waals surface area contributed by atoms with E-state index in [-0.39, 0.29) is 69.3 Å². The predicted molar refractivity (Wildman–Crippen MR) is 252 cm³/mol. The SMILES string of the molecule is CC(C)C[C@H](NC(=O)[C@H](C)NC(=O)[C@@H](N)[C@@H](C)O)C(=O)N1CCC[C@H]1C(=O)N[C@@H](Cc1ccc(O)cc1)C(=O)N[C@@H](CC(C)C)C(=O)N1CCC[C@H]1C(=O)N[C@H](C(=O)N1CCC[C@H]1C(=O)O)C(C)C. The summed E-state index contributed by atoms with van der Waals surface area (Å²) in [5, 5.41) is 43.1. The number of phenolic OH excluding ortho intramolecular Hbond substituents is 1. The van der Waals surface area contributed by atoms with E-state index in [1.165, 1.54) is 40.7 Å². The number of carbonyl (C=O) groups excluding carboxylic acids is 8. The molecule has 3 aliphatic heterocycles. The van der Waals surface area contributed by atoms with Gasteiger partial charge in [0.15, 0.2) is 0 Å². The largest absolute Gasteiger partial charge is 0.508 e. The molecule has 4 rings (SSSR count). The molecule has 0 radical (unpaired) electrons. The Bertz CT molecular complexity index is 2010. The third-order valence-electron chi connectivity index (χ3n) is 13.0. The van der Waals surface area contributed by atoms with Crippen LogP contribution in [0.15, 0.2) is 24.3 Å². The summed E-state index contributed by atoms with van der Waals surface area (Å²) in [6.07, 6.45) is 1.36. The van der Waals surface area contributed by atoms with Crippen LogP contribution in [0.4, 0.5) is 0 Å². The number of aliphatic carboxylic acids is 1. The second kappa shape index (κ2) is 25.2. The van der Waals surface area contributed by atoms with Crippen molar-refractivity contribution in [3.63, 3.8) is 0 Å². The van der Waals surface area contributed by atoms with E-state index < -0.39 is 120 Å². The summed E-state index contributed by atoms with van der Waals surface area (Å²) in [5.41, 5.74) is 6.28. The number of nitrogens with two attached hydrogens (primary N) is 1. The average Bonchev–Trinajstić information content (AvgIpc) is 4.09. The Morgan fingerprint density at radius 1 is 0.594 bits per heavy atom. The number of benzene rings is 1. The van der Waals surface area contributed by atoms with Crippen molar-refractivity contribution in [2.75, 3.05) is 19.6 Å². The van der Waals surface area contributed by atoms with Crippen molar-refractivity contribution in [3.05, 3.63) is 29.8 Å².